The van der Waals surface area contributed by atoms with E-state index in [0.717, 1.165) is 0 Å². The van der Waals surface area contributed by atoms with Gasteiger partial charge in [-0.3, -0.25) is 4.79 Å². The number of β-lactam (4-membered cyclic amide) rings is 1. The summed E-state index contributed by atoms with van der Waals surface area (Å²) in [6.45, 7) is 0. The molecule has 2 fully saturated rings. The summed E-state index contributed by atoms with van der Waals surface area (Å²) in [4.78, 5) is 15.1. The fourth-order valence-corrected chi connectivity index (χ4v) is 7.71. The standard InChI is InChI=1S/C37H38FNO11S/c1-48-37-35(44)34(43)33(42)31(49-37)20-51(46,47)50-26-14-9-21(10-15-26)23-11-16-27(30(41)19-23)32-28(36(45)39(32)25-5-3-2-4-6-25)17-18-29(40)22-7-12-24(38)13-8-22/h2-16,19,28-29,31-35,37,40-44H,17-18,20H2,1H3/t28-,29+,31?,32-,33+,34-,35+,37-/m1/s1. The molecule has 12 nitrogen and oxygen atoms in total. The molecule has 0 aliphatic carbocycles. The van der Waals surface area contributed by atoms with Crippen molar-refractivity contribution in [1.82, 2.24) is 0 Å². The second-order valence-corrected chi connectivity index (χ2v) is 14.2. The van der Waals surface area contributed by atoms with Crippen LogP contribution in [0.3, 0.4) is 0 Å². The van der Waals surface area contributed by atoms with Crippen LogP contribution in [0, 0.1) is 11.7 Å². The van der Waals surface area contributed by atoms with Gasteiger partial charge in [0.05, 0.1) is 18.1 Å². The minimum absolute atomic E-state index is 0.0362. The van der Waals surface area contributed by atoms with Gasteiger partial charge in [-0.05, 0) is 72.0 Å². The van der Waals surface area contributed by atoms with E-state index in [9.17, 15) is 43.1 Å². The molecular formula is C37H38FNO11S. The molecule has 4 aromatic rings. The molecule has 1 unspecified atom stereocenters. The van der Waals surface area contributed by atoms with E-state index in [1.165, 1.54) is 43.5 Å². The molecule has 51 heavy (non-hydrogen) atoms. The average molecular weight is 724 g/mol. The third-order valence-corrected chi connectivity index (χ3v) is 10.5. The largest absolute Gasteiger partial charge is 0.508 e. The topological polar surface area (TPSA) is 183 Å². The number of halogens is 1. The number of para-hydroxylation sites is 1. The first-order valence-electron chi connectivity index (χ1n) is 16.3. The van der Waals surface area contributed by atoms with Gasteiger partial charge in [0, 0.05) is 18.4 Å². The SMILES string of the molecule is CO[C@@H]1OC(CS(=O)(=O)Oc2ccc(-c3ccc([C@@H]4[C@@H](CC[C@H](O)c5ccc(F)cc5)C(=O)N4c4ccccc4)c(O)c3)cc2)[C@H](O)[C@@H](O)[C@@H]1O. The van der Waals surface area contributed by atoms with Crippen molar-refractivity contribution in [3.63, 3.8) is 0 Å². The van der Waals surface area contributed by atoms with Gasteiger partial charge in [0.1, 0.15) is 47.5 Å². The highest BCUT2D eigenvalue weighted by molar-refractivity contribution is 7.87. The second-order valence-electron chi connectivity index (χ2n) is 12.6. The number of hydrogen-bond donors (Lipinski definition) is 5. The molecule has 0 aromatic heterocycles. The lowest BCUT2D eigenvalue weighted by Crippen LogP contribution is -2.59. The Labute approximate surface area is 294 Å². The number of anilines is 1. The number of hydrogen-bond acceptors (Lipinski definition) is 11. The van der Waals surface area contributed by atoms with E-state index >= 15 is 0 Å². The number of carbonyl (C=O) groups excluding carboxylic acids is 1. The molecule has 0 spiro atoms. The molecular weight excluding hydrogens is 685 g/mol. The summed E-state index contributed by atoms with van der Waals surface area (Å²) >= 11 is 0. The van der Waals surface area contributed by atoms with Crippen molar-refractivity contribution >= 4 is 21.7 Å². The Morgan fingerprint density at radius 1 is 0.882 bits per heavy atom. The van der Waals surface area contributed by atoms with E-state index in [1.807, 2.05) is 18.2 Å². The van der Waals surface area contributed by atoms with Crippen LogP contribution in [0.4, 0.5) is 10.1 Å². The number of benzene rings is 4. The number of rotatable bonds is 12. The minimum Gasteiger partial charge on any atom is -0.508 e. The molecule has 2 aliphatic heterocycles. The van der Waals surface area contributed by atoms with E-state index in [-0.39, 0.29) is 23.8 Å². The highest BCUT2D eigenvalue weighted by Crippen LogP contribution is 2.49. The van der Waals surface area contributed by atoms with Crippen LogP contribution in [0.15, 0.2) is 97.1 Å². The number of aromatic hydroxyl groups is 1. The van der Waals surface area contributed by atoms with Crippen LogP contribution in [0.25, 0.3) is 11.1 Å². The van der Waals surface area contributed by atoms with Crippen molar-refractivity contribution in [1.29, 1.82) is 0 Å². The van der Waals surface area contributed by atoms with Crippen molar-refractivity contribution in [2.24, 2.45) is 5.92 Å². The second kappa shape index (κ2) is 15.1. The van der Waals surface area contributed by atoms with Crippen molar-refractivity contribution in [3.05, 3.63) is 114 Å². The Bertz CT molecular complexity index is 1930. The quantitative estimate of drug-likeness (QED) is 0.106. The average Bonchev–Trinajstić information content (AvgIpc) is 3.11. The van der Waals surface area contributed by atoms with E-state index < -0.39 is 70.5 Å². The molecule has 4 aromatic carbocycles. The van der Waals surface area contributed by atoms with E-state index in [4.69, 9.17) is 13.7 Å². The zero-order valence-corrected chi connectivity index (χ0v) is 28.2. The number of amides is 1. The summed E-state index contributed by atoms with van der Waals surface area (Å²) in [5, 5.41) is 52.3. The van der Waals surface area contributed by atoms with Crippen LogP contribution in [-0.2, 0) is 24.4 Å². The fourth-order valence-electron chi connectivity index (χ4n) is 6.56. The number of aliphatic hydroxyl groups excluding tert-OH is 4. The number of methoxy groups -OCH3 is 1. The van der Waals surface area contributed by atoms with Crippen LogP contribution >= 0.6 is 0 Å². The number of aliphatic hydroxyl groups is 4. The number of phenolic OH excluding ortho intramolecular Hbond substituents is 1. The predicted octanol–water partition coefficient (Wildman–Crippen LogP) is 3.58. The van der Waals surface area contributed by atoms with Crippen LogP contribution in [0.1, 0.15) is 36.1 Å². The third kappa shape index (κ3) is 7.77. The summed E-state index contributed by atoms with van der Waals surface area (Å²) in [5.41, 5.74) is 2.93. The molecule has 5 N–H and O–H groups in total. The molecule has 2 heterocycles. The molecule has 14 heteroatoms. The summed E-state index contributed by atoms with van der Waals surface area (Å²) < 4.78 is 54.4. The van der Waals surface area contributed by atoms with Crippen LogP contribution < -0.4 is 9.08 Å². The number of phenols is 1. The van der Waals surface area contributed by atoms with Gasteiger partial charge in [-0.2, -0.15) is 8.42 Å². The lowest BCUT2D eigenvalue weighted by molar-refractivity contribution is -0.285. The highest BCUT2D eigenvalue weighted by atomic mass is 32.2. The summed E-state index contributed by atoms with van der Waals surface area (Å²) in [6.07, 6.45) is -8.08. The normalized spacial score (nSPS) is 25.6. The van der Waals surface area contributed by atoms with Gasteiger partial charge < -0.3 is 44.1 Å². The molecule has 0 radical (unpaired) electrons. The Balaban J connectivity index is 1.16. The van der Waals surface area contributed by atoms with Crippen LogP contribution in [0.2, 0.25) is 0 Å². The van der Waals surface area contributed by atoms with Crippen molar-refractivity contribution in [3.8, 4) is 22.6 Å². The first kappa shape index (κ1) is 36.4. The fraction of sp³-hybridized carbons (Fsp3) is 0.324. The van der Waals surface area contributed by atoms with Gasteiger partial charge in [0.15, 0.2) is 6.29 Å². The maximum Gasteiger partial charge on any atom is 0.311 e. The molecule has 1 amide bonds. The van der Waals surface area contributed by atoms with Gasteiger partial charge in [0.2, 0.25) is 5.91 Å². The third-order valence-electron chi connectivity index (χ3n) is 9.28. The Hall–Kier alpha value is -4.41. The van der Waals surface area contributed by atoms with Crippen molar-refractivity contribution in [2.75, 3.05) is 17.8 Å². The maximum atomic E-state index is 13.5. The summed E-state index contributed by atoms with van der Waals surface area (Å²) in [6, 6.07) is 25.2. The first-order valence-corrected chi connectivity index (χ1v) is 17.8. The Morgan fingerprint density at radius 2 is 1.55 bits per heavy atom. The Kier molecular flexibility index (Phi) is 10.7. The number of nitrogens with zero attached hydrogens (tertiary/aromatic N) is 1. The molecule has 8 atom stereocenters. The minimum atomic E-state index is -4.34. The molecule has 0 bridgehead atoms. The monoisotopic (exact) mass is 723 g/mol. The first-order chi connectivity index (χ1) is 24.4. The number of ether oxygens (including phenoxy) is 2. The number of carbonyl (C=O) groups is 1. The van der Waals surface area contributed by atoms with E-state index in [1.54, 1.807) is 47.4 Å². The molecule has 2 saturated heterocycles. The van der Waals surface area contributed by atoms with Gasteiger partial charge in [-0.25, -0.2) is 4.39 Å². The van der Waals surface area contributed by atoms with E-state index in [2.05, 4.69) is 0 Å². The Morgan fingerprint density at radius 3 is 2.20 bits per heavy atom. The molecule has 2 aliphatic rings. The van der Waals surface area contributed by atoms with Crippen LogP contribution in [0.5, 0.6) is 11.5 Å². The lowest BCUT2D eigenvalue weighted by atomic mass is 9.77. The van der Waals surface area contributed by atoms with Gasteiger partial charge in [-0.15, -0.1) is 0 Å². The smallest absolute Gasteiger partial charge is 0.311 e. The van der Waals surface area contributed by atoms with Crippen LogP contribution in [-0.4, -0.2) is 83.4 Å². The molecule has 6 rings (SSSR count). The molecule has 270 valence electrons. The predicted molar refractivity (Wildman–Crippen MR) is 182 cm³/mol. The van der Waals surface area contributed by atoms with Crippen molar-refractivity contribution in [2.45, 2.75) is 55.7 Å². The zero-order valence-electron chi connectivity index (χ0n) is 27.4. The van der Waals surface area contributed by atoms with Gasteiger partial charge in [0.25, 0.3) is 0 Å². The molecule has 0 saturated carbocycles. The lowest BCUT2D eigenvalue weighted by Gasteiger charge is -2.48. The maximum absolute atomic E-state index is 13.5. The summed E-state index contributed by atoms with van der Waals surface area (Å²) in [7, 11) is -3.14. The van der Waals surface area contributed by atoms with Crippen molar-refractivity contribution < 1.29 is 56.8 Å². The van der Waals surface area contributed by atoms with E-state index in [0.29, 0.717) is 34.4 Å². The van der Waals surface area contributed by atoms with Gasteiger partial charge in [-0.1, -0.05) is 54.6 Å². The summed E-state index contributed by atoms with van der Waals surface area (Å²) in [5.74, 6) is -2.03. The zero-order chi connectivity index (χ0) is 36.4. The van der Waals surface area contributed by atoms with Gasteiger partial charge >= 0.3 is 10.1 Å². The highest BCUT2D eigenvalue weighted by Gasteiger charge is 2.49.